The minimum atomic E-state index is 0.701. The van der Waals surface area contributed by atoms with Crippen LogP contribution in [0.5, 0.6) is 0 Å². The number of nitrogens with zero attached hydrogens (tertiary/aromatic N) is 1. The van der Waals surface area contributed by atoms with E-state index < -0.39 is 0 Å². The summed E-state index contributed by atoms with van der Waals surface area (Å²) >= 11 is 0. The van der Waals surface area contributed by atoms with Crippen molar-refractivity contribution in [3.63, 3.8) is 0 Å². The Bertz CT molecular complexity index is 564. The molecule has 0 atom stereocenters. The van der Waals surface area contributed by atoms with E-state index in [1.165, 1.54) is 24.0 Å². The zero-order chi connectivity index (χ0) is 14.7. The van der Waals surface area contributed by atoms with Gasteiger partial charge in [0.1, 0.15) is 5.82 Å². The summed E-state index contributed by atoms with van der Waals surface area (Å²) in [7, 11) is 0. The van der Waals surface area contributed by atoms with E-state index in [1.807, 2.05) is 6.20 Å². The van der Waals surface area contributed by atoms with Crippen molar-refractivity contribution in [3.8, 4) is 11.3 Å². The first-order valence-electron chi connectivity index (χ1n) is 8.04. The van der Waals surface area contributed by atoms with E-state index in [9.17, 15) is 0 Å². The molecule has 1 aliphatic rings. The van der Waals surface area contributed by atoms with Gasteiger partial charge in [0, 0.05) is 0 Å². The van der Waals surface area contributed by atoms with Crippen LogP contribution in [0.25, 0.3) is 11.3 Å². The van der Waals surface area contributed by atoms with E-state index in [0.29, 0.717) is 5.92 Å². The van der Waals surface area contributed by atoms with Gasteiger partial charge < -0.3 is 10.3 Å². The number of hydrogen-bond acceptors (Lipinski definition) is 2. The van der Waals surface area contributed by atoms with Crippen molar-refractivity contribution in [2.24, 2.45) is 11.8 Å². The lowest BCUT2D eigenvalue weighted by Gasteiger charge is -2.05. The van der Waals surface area contributed by atoms with Crippen LogP contribution in [-0.2, 0) is 13.0 Å². The van der Waals surface area contributed by atoms with E-state index in [4.69, 9.17) is 0 Å². The highest BCUT2D eigenvalue weighted by atomic mass is 15.0. The van der Waals surface area contributed by atoms with Crippen molar-refractivity contribution in [3.05, 3.63) is 41.9 Å². The fourth-order valence-electron chi connectivity index (χ4n) is 2.61. The van der Waals surface area contributed by atoms with Gasteiger partial charge in [0.15, 0.2) is 0 Å². The summed E-state index contributed by atoms with van der Waals surface area (Å²) in [6.07, 6.45) is 5.85. The molecule has 2 N–H and O–H groups in total. The number of rotatable bonds is 7. The molecule has 3 rings (SSSR count). The zero-order valence-electron chi connectivity index (χ0n) is 13.0. The summed E-state index contributed by atoms with van der Waals surface area (Å²) < 4.78 is 0. The number of hydrogen-bond donors (Lipinski definition) is 2. The second-order valence-electron chi connectivity index (χ2n) is 6.61. The van der Waals surface area contributed by atoms with Crippen LogP contribution < -0.4 is 5.32 Å². The fourth-order valence-corrected chi connectivity index (χ4v) is 2.61. The monoisotopic (exact) mass is 283 g/mol. The number of H-pyrrole nitrogens is 1. The lowest BCUT2D eigenvalue weighted by atomic mass is 10.0. The van der Waals surface area contributed by atoms with Crippen LogP contribution in [0.2, 0.25) is 0 Å². The molecule has 0 radical (unpaired) electrons. The smallest absolute Gasteiger partial charge is 0.120 e. The van der Waals surface area contributed by atoms with Crippen molar-refractivity contribution in [2.75, 3.05) is 6.54 Å². The maximum Gasteiger partial charge on any atom is 0.120 e. The Hall–Kier alpha value is -1.61. The van der Waals surface area contributed by atoms with E-state index in [0.717, 1.165) is 36.9 Å². The first-order valence-corrected chi connectivity index (χ1v) is 8.04. The van der Waals surface area contributed by atoms with E-state index in [1.54, 1.807) is 0 Å². The molecule has 0 spiro atoms. The van der Waals surface area contributed by atoms with Crippen molar-refractivity contribution in [1.82, 2.24) is 15.3 Å². The summed E-state index contributed by atoms with van der Waals surface area (Å²) in [5, 5.41) is 3.47. The maximum atomic E-state index is 4.46. The first kappa shape index (κ1) is 14.3. The molecule has 1 aromatic heterocycles. The van der Waals surface area contributed by atoms with E-state index in [2.05, 4.69) is 53.4 Å². The lowest BCUT2D eigenvalue weighted by Crippen LogP contribution is -2.16. The Labute approximate surface area is 127 Å². The first-order chi connectivity index (χ1) is 10.2. The molecular formula is C18H25N3. The Balaban J connectivity index is 1.59. The van der Waals surface area contributed by atoms with Crippen LogP contribution in [0.4, 0.5) is 0 Å². The molecule has 1 fully saturated rings. The van der Waals surface area contributed by atoms with Gasteiger partial charge in [-0.05, 0) is 48.8 Å². The molecule has 0 saturated heterocycles. The van der Waals surface area contributed by atoms with Gasteiger partial charge in [-0.3, -0.25) is 0 Å². The highest BCUT2D eigenvalue weighted by Crippen LogP contribution is 2.27. The number of imidazole rings is 1. The summed E-state index contributed by atoms with van der Waals surface area (Å²) in [4.78, 5) is 7.87. The topological polar surface area (TPSA) is 40.7 Å². The molecule has 1 heterocycles. The van der Waals surface area contributed by atoms with Gasteiger partial charge in [0.2, 0.25) is 0 Å². The molecular weight excluding hydrogens is 258 g/mol. The molecule has 3 nitrogen and oxygen atoms in total. The molecule has 0 aliphatic heterocycles. The average molecular weight is 283 g/mol. The zero-order valence-corrected chi connectivity index (χ0v) is 13.0. The Kier molecular flexibility index (Phi) is 4.39. The Morgan fingerprint density at radius 2 is 2.00 bits per heavy atom. The van der Waals surface area contributed by atoms with Crippen LogP contribution in [0.3, 0.4) is 0 Å². The largest absolute Gasteiger partial charge is 0.341 e. The van der Waals surface area contributed by atoms with Crippen LogP contribution in [0.1, 0.15) is 38.1 Å². The minimum absolute atomic E-state index is 0.701. The van der Waals surface area contributed by atoms with Gasteiger partial charge >= 0.3 is 0 Å². The predicted octanol–water partition coefficient (Wildman–Crippen LogP) is 3.77. The van der Waals surface area contributed by atoms with Gasteiger partial charge in [-0.25, -0.2) is 4.98 Å². The molecule has 0 bridgehead atoms. The van der Waals surface area contributed by atoms with Gasteiger partial charge in [-0.15, -0.1) is 0 Å². The van der Waals surface area contributed by atoms with Crippen LogP contribution in [-0.4, -0.2) is 16.5 Å². The normalized spacial score (nSPS) is 14.8. The van der Waals surface area contributed by atoms with Crippen molar-refractivity contribution in [2.45, 2.75) is 39.7 Å². The van der Waals surface area contributed by atoms with Crippen molar-refractivity contribution >= 4 is 0 Å². The molecule has 3 heteroatoms. The van der Waals surface area contributed by atoms with Gasteiger partial charge in [-0.2, -0.15) is 0 Å². The minimum Gasteiger partial charge on any atom is -0.341 e. The third-order valence-corrected chi connectivity index (χ3v) is 3.96. The SMILES string of the molecule is CC(C)Cc1ccc(-c2cnc(CNCC3CC3)[nH]2)cc1. The van der Waals surface area contributed by atoms with Crippen LogP contribution in [0, 0.1) is 11.8 Å². The van der Waals surface area contributed by atoms with Crippen LogP contribution in [0.15, 0.2) is 30.5 Å². The number of aromatic amines is 1. The Morgan fingerprint density at radius 1 is 1.24 bits per heavy atom. The predicted molar refractivity (Wildman–Crippen MR) is 87.0 cm³/mol. The Morgan fingerprint density at radius 3 is 2.67 bits per heavy atom. The standard InChI is InChI=1S/C18H25N3/c1-13(2)9-14-5-7-16(8-6-14)17-11-20-18(21-17)12-19-10-15-3-4-15/h5-8,11,13,15,19H,3-4,9-10,12H2,1-2H3,(H,20,21). The summed E-state index contributed by atoms with van der Waals surface area (Å²) in [5.41, 5.74) is 3.72. The number of benzene rings is 1. The molecule has 112 valence electrons. The lowest BCUT2D eigenvalue weighted by molar-refractivity contribution is 0.623. The molecule has 1 aromatic carbocycles. The molecule has 0 unspecified atom stereocenters. The van der Waals surface area contributed by atoms with E-state index >= 15 is 0 Å². The highest BCUT2D eigenvalue weighted by molar-refractivity contribution is 5.58. The number of nitrogens with one attached hydrogen (secondary N) is 2. The molecule has 21 heavy (non-hydrogen) atoms. The fraction of sp³-hybridized carbons (Fsp3) is 0.500. The van der Waals surface area contributed by atoms with E-state index in [-0.39, 0.29) is 0 Å². The highest BCUT2D eigenvalue weighted by Gasteiger charge is 2.20. The third-order valence-electron chi connectivity index (χ3n) is 3.96. The molecule has 0 amide bonds. The van der Waals surface area contributed by atoms with Gasteiger partial charge in [0.05, 0.1) is 18.4 Å². The molecule has 2 aromatic rings. The van der Waals surface area contributed by atoms with Crippen molar-refractivity contribution < 1.29 is 0 Å². The quantitative estimate of drug-likeness (QED) is 0.812. The second-order valence-corrected chi connectivity index (χ2v) is 6.61. The number of aromatic nitrogens is 2. The van der Waals surface area contributed by atoms with Crippen molar-refractivity contribution in [1.29, 1.82) is 0 Å². The van der Waals surface area contributed by atoms with Gasteiger partial charge in [0.25, 0.3) is 0 Å². The molecule has 1 saturated carbocycles. The summed E-state index contributed by atoms with van der Waals surface area (Å²) in [6, 6.07) is 8.82. The van der Waals surface area contributed by atoms with Crippen LogP contribution >= 0.6 is 0 Å². The van der Waals surface area contributed by atoms with Gasteiger partial charge in [-0.1, -0.05) is 38.1 Å². The summed E-state index contributed by atoms with van der Waals surface area (Å²) in [5.74, 6) is 2.64. The average Bonchev–Trinajstić information content (AvgIpc) is 3.16. The third kappa shape index (κ3) is 4.18. The molecule has 1 aliphatic carbocycles. The maximum absolute atomic E-state index is 4.46. The second kappa shape index (κ2) is 6.44. The summed E-state index contributed by atoms with van der Waals surface area (Å²) in [6.45, 7) is 6.47.